The second-order valence-corrected chi connectivity index (χ2v) is 7.44. The van der Waals surface area contributed by atoms with Crippen molar-refractivity contribution in [1.82, 2.24) is 10.2 Å². The number of carbonyl (C=O) groups excluding carboxylic acids is 2. The molecule has 0 radical (unpaired) electrons. The highest BCUT2D eigenvalue weighted by Gasteiger charge is 2.39. The van der Waals surface area contributed by atoms with E-state index in [1.807, 2.05) is 42.2 Å². The van der Waals surface area contributed by atoms with Crippen LogP contribution in [0.5, 0.6) is 0 Å². The van der Waals surface area contributed by atoms with E-state index in [1.165, 1.54) is 12.8 Å². The zero-order valence-electron chi connectivity index (χ0n) is 14.9. The van der Waals surface area contributed by atoms with Gasteiger partial charge >= 0.3 is 0 Å². The van der Waals surface area contributed by atoms with E-state index in [0.717, 1.165) is 18.4 Å². The number of benzene rings is 1. The van der Waals surface area contributed by atoms with Gasteiger partial charge in [-0.2, -0.15) is 0 Å². The summed E-state index contributed by atoms with van der Waals surface area (Å²) in [6.07, 6.45) is 4.62. The lowest BCUT2D eigenvalue weighted by Crippen LogP contribution is -2.45. The van der Waals surface area contributed by atoms with Gasteiger partial charge in [-0.3, -0.25) is 9.59 Å². The summed E-state index contributed by atoms with van der Waals surface area (Å²) in [6, 6.07) is 9.73. The monoisotopic (exact) mass is 344 g/mol. The van der Waals surface area contributed by atoms with Crippen molar-refractivity contribution in [3.63, 3.8) is 0 Å². The first-order valence-electron chi connectivity index (χ1n) is 9.36. The first-order valence-corrected chi connectivity index (χ1v) is 9.36. The Kier molecular flexibility index (Phi) is 5.74. The van der Waals surface area contributed by atoms with Gasteiger partial charge in [0.2, 0.25) is 11.8 Å². The highest BCUT2D eigenvalue weighted by Crippen LogP contribution is 2.29. The smallest absolute Gasteiger partial charge is 0.225 e. The van der Waals surface area contributed by atoms with Gasteiger partial charge in [-0.1, -0.05) is 43.2 Å². The summed E-state index contributed by atoms with van der Waals surface area (Å²) in [6.45, 7) is 2.34. The fourth-order valence-corrected chi connectivity index (χ4v) is 3.95. The summed E-state index contributed by atoms with van der Waals surface area (Å²) in [5.41, 5.74) is 1.04. The first kappa shape index (κ1) is 17.9. The third-order valence-corrected chi connectivity index (χ3v) is 5.53. The Morgan fingerprint density at radius 2 is 1.96 bits per heavy atom. The third kappa shape index (κ3) is 4.40. The number of hydrogen-bond donors (Lipinski definition) is 2. The van der Waals surface area contributed by atoms with Gasteiger partial charge in [-0.05, 0) is 25.3 Å². The molecule has 0 aromatic heterocycles. The Balaban J connectivity index is 1.50. The van der Waals surface area contributed by atoms with Crippen LogP contribution in [0.1, 0.15) is 44.6 Å². The van der Waals surface area contributed by atoms with E-state index in [-0.39, 0.29) is 23.8 Å². The Labute approximate surface area is 149 Å². The lowest BCUT2D eigenvalue weighted by atomic mass is 10.0. The van der Waals surface area contributed by atoms with Gasteiger partial charge in [-0.15, -0.1) is 0 Å². The molecule has 3 unspecified atom stereocenters. The molecule has 3 atom stereocenters. The van der Waals surface area contributed by atoms with Gasteiger partial charge in [0, 0.05) is 25.4 Å². The zero-order valence-corrected chi connectivity index (χ0v) is 14.9. The van der Waals surface area contributed by atoms with Gasteiger partial charge in [0.15, 0.2) is 0 Å². The fourth-order valence-electron chi connectivity index (χ4n) is 3.95. The average Bonchev–Trinajstić information content (AvgIpc) is 3.25. The molecule has 136 valence electrons. The van der Waals surface area contributed by atoms with Gasteiger partial charge < -0.3 is 15.3 Å². The van der Waals surface area contributed by atoms with Crippen LogP contribution in [0.15, 0.2) is 30.3 Å². The SMILES string of the molecule is CC(NC(=O)C1CC(=O)N(C2CCCC2)C1)C(O)Cc1ccccc1. The van der Waals surface area contributed by atoms with Crippen LogP contribution in [-0.2, 0) is 16.0 Å². The van der Waals surface area contributed by atoms with Crippen molar-refractivity contribution in [1.29, 1.82) is 0 Å². The molecule has 1 aromatic carbocycles. The normalized spacial score (nSPS) is 23.7. The summed E-state index contributed by atoms with van der Waals surface area (Å²) in [7, 11) is 0. The Morgan fingerprint density at radius 1 is 1.28 bits per heavy atom. The van der Waals surface area contributed by atoms with Crippen molar-refractivity contribution in [2.45, 2.75) is 63.6 Å². The van der Waals surface area contributed by atoms with Crippen LogP contribution >= 0.6 is 0 Å². The zero-order chi connectivity index (χ0) is 17.8. The number of amides is 2. The highest BCUT2D eigenvalue weighted by molar-refractivity contribution is 5.89. The molecule has 1 aromatic rings. The number of rotatable bonds is 6. The maximum atomic E-state index is 12.5. The first-order chi connectivity index (χ1) is 12.0. The minimum absolute atomic E-state index is 0.101. The van der Waals surface area contributed by atoms with Crippen molar-refractivity contribution in [2.24, 2.45) is 5.92 Å². The topological polar surface area (TPSA) is 69.6 Å². The second-order valence-electron chi connectivity index (χ2n) is 7.44. The van der Waals surface area contributed by atoms with Crippen molar-refractivity contribution in [3.8, 4) is 0 Å². The predicted molar refractivity (Wildman–Crippen MR) is 95.8 cm³/mol. The summed E-state index contributed by atoms with van der Waals surface area (Å²) in [5.74, 6) is -0.308. The van der Waals surface area contributed by atoms with Crippen LogP contribution < -0.4 is 5.32 Å². The van der Waals surface area contributed by atoms with E-state index in [0.29, 0.717) is 25.4 Å². The lowest BCUT2D eigenvalue weighted by molar-refractivity contribution is -0.130. The number of aliphatic hydroxyl groups is 1. The molecule has 5 nitrogen and oxygen atoms in total. The largest absolute Gasteiger partial charge is 0.391 e. The van der Waals surface area contributed by atoms with Gasteiger partial charge in [0.1, 0.15) is 0 Å². The number of carbonyl (C=O) groups is 2. The van der Waals surface area contributed by atoms with E-state index in [1.54, 1.807) is 0 Å². The predicted octanol–water partition coefficient (Wildman–Crippen LogP) is 1.89. The van der Waals surface area contributed by atoms with Crippen molar-refractivity contribution in [3.05, 3.63) is 35.9 Å². The molecule has 25 heavy (non-hydrogen) atoms. The molecular weight excluding hydrogens is 316 g/mol. The van der Waals surface area contributed by atoms with Crippen molar-refractivity contribution in [2.75, 3.05) is 6.54 Å². The van der Waals surface area contributed by atoms with Crippen LogP contribution in [0.4, 0.5) is 0 Å². The number of nitrogens with zero attached hydrogens (tertiary/aromatic N) is 1. The molecule has 5 heteroatoms. The quantitative estimate of drug-likeness (QED) is 0.828. The molecular formula is C20H28N2O3. The maximum absolute atomic E-state index is 12.5. The number of hydrogen-bond acceptors (Lipinski definition) is 3. The highest BCUT2D eigenvalue weighted by atomic mass is 16.3. The van der Waals surface area contributed by atoms with Gasteiger partial charge in [0.25, 0.3) is 0 Å². The van der Waals surface area contributed by atoms with Crippen LogP contribution in [-0.4, -0.2) is 46.6 Å². The fraction of sp³-hybridized carbons (Fsp3) is 0.600. The molecule has 2 aliphatic rings. The average molecular weight is 344 g/mol. The molecule has 3 rings (SSSR count). The molecule has 1 heterocycles. The minimum Gasteiger partial charge on any atom is -0.391 e. The third-order valence-electron chi connectivity index (χ3n) is 5.53. The number of likely N-dealkylation sites (tertiary alicyclic amines) is 1. The van der Waals surface area contributed by atoms with Crippen molar-refractivity contribution < 1.29 is 14.7 Å². The summed E-state index contributed by atoms with van der Waals surface area (Å²) < 4.78 is 0. The maximum Gasteiger partial charge on any atom is 0.225 e. The molecule has 2 N–H and O–H groups in total. The standard InChI is InChI=1S/C20H28N2O3/c1-14(18(23)11-15-7-3-2-4-8-15)21-20(25)16-12-19(24)22(13-16)17-9-5-6-10-17/h2-4,7-8,14,16-18,23H,5-6,9-13H2,1H3,(H,21,25). The molecule has 0 spiro atoms. The van der Waals surface area contributed by atoms with E-state index in [4.69, 9.17) is 0 Å². The van der Waals surface area contributed by atoms with Crippen LogP contribution in [0, 0.1) is 5.92 Å². The molecule has 1 aliphatic heterocycles. The van der Waals surface area contributed by atoms with Crippen LogP contribution in [0.2, 0.25) is 0 Å². The minimum atomic E-state index is -0.644. The molecule has 1 saturated carbocycles. The van der Waals surface area contributed by atoms with E-state index in [9.17, 15) is 14.7 Å². The molecule has 1 aliphatic carbocycles. The van der Waals surface area contributed by atoms with E-state index in [2.05, 4.69) is 5.32 Å². The van der Waals surface area contributed by atoms with E-state index >= 15 is 0 Å². The second kappa shape index (κ2) is 8.00. The van der Waals surface area contributed by atoms with E-state index < -0.39 is 6.10 Å². The number of aliphatic hydroxyl groups excluding tert-OH is 1. The summed E-state index contributed by atoms with van der Waals surface area (Å²) in [4.78, 5) is 26.7. The Hall–Kier alpha value is -1.88. The number of nitrogens with one attached hydrogen (secondary N) is 1. The Morgan fingerprint density at radius 3 is 2.64 bits per heavy atom. The van der Waals surface area contributed by atoms with Gasteiger partial charge in [-0.25, -0.2) is 0 Å². The summed E-state index contributed by atoms with van der Waals surface area (Å²) in [5, 5.41) is 13.3. The lowest BCUT2D eigenvalue weighted by Gasteiger charge is -2.25. The van der Waals surface area contributed by atoms with Gasteiger partial charge in [0.05, 0.1) is 18.1 Å². The van der Waals surface area contributed by atoms with Crippen molar-refractivity contribution >= 4 is 11.8 Å². The van der Waals surface area contributed by atoms with Crippen LogP contribution in [0.25, 0.3) is 0 Å². The molecule has 2 amide bonds. The summed E-state index contributed by atoms with van der Waals surface area (Å²) >= 11 is 0. The Bertz CT molecular complexity index is 598. The van der Waals surface area contributed by atoms with Crippen LogP contribution in [0.3, 0.4) is 0 Å². The molecule has 2 fully saturated rings. The molecule has 1 saturated heterocycles. The molecule has 0 bridgehead atoms.